The number of halogens is 11. The molecule has 36 heavy (non-hydrogen) atoms. The van der Waals surface area contributed by atoms with Crippen molar-refractivity contribution in [2.24, 2.45) is 0 Å². The lowest BCUT2D eigenvalue weighted by Crippen LogP contribution is -2.49. The molecule has 16 heteroatoms. The Morgan fingerprint density at radius 2 is 1.56 bits per heavy atom. The van der Waals surface area contributed by atoms with E-state index in [-0.39, 0.29) is 36.7 Å². The van der Waals surface area contributed by atoms with E-state index in [2.05, 4.69) is 15.9 Å². The van der Waals surface area contributed by atoms with Gasteiger partial charge in [0.2, 0.25) is 0 Å². The van der Waals surface area contributed by atoms with Crippen LogP contribution in [-0.2, 0) is 0 Å². The molecule has 196 valence electrons. The normalized spacial score (nSPS) is 13.2. The second kappa shape index (κ2) is 11.9. The minimum atomic E-state index is -4.94. The van der Waals surface area contributed by atoms with Crippen molar-refractivity contribution in [2.75, 3.05) is 6.54 Å². The lowest BCUT2D eigenvalue weighted by molar-refractivity contribution is -0.139. The number of allylic oxidation sites excluding steroid dienone is 1. The van der Waals surface area contributed by atoms with Gasteiger partial charge in [0, 0.05) is 10.0 Å². The number of amides is 3. The number of hydrogen-bond acceptors (Lipinski definition) is 2. The highest BCUT2D eigenvalue weighted by atomic mass is 79.9. The number of nitrogens with one attached hydrogen (secondary N) is 3. The predicted octanol–water partition coefficient (Wildman–Crippen LogP) is 7.57. The Hall–Kier alpha value is -2.22. The molecule has 0 bridgehead atoms. The molecule has 1 unspecified atom stereocenters. The number of rotatable bonds is 5. The van der Waals surface area contributed by atoms with Crippen LogP contribution in [0.3, 0.4) is 0 Å². The van der Waals surface area contributed by atoms with Crippen molar-refractivity contribution in [3.05, 3.63) is 72.6 Å². The van der Waals surface area contributed by atoms with Crippen LogP contribution in [0, 0.1) is 0 Å². The van der Waals surface area contributed by atoms with Crippen LogP contribution in [0.2, 0.25) is 15.1 Å². The minimum Gasteiger partial charge on any atom is -0.328 e. The van der Waals surface area contributed by atoms with Gasteiger partial charge in [-0.15, -0.1) is 0 Å². The van der Waals surface area contributed by atoms with Crippen LogP contribution in [0.5, 0.6) is 0 Å². The second-order valence-electron chi connectivity index (χ2n) is 6.90. The molecule has 2 rings (SSSR count). The van der Waals surface area contributed by atoms with Gasteiger partial charge in [0.15, 0.2) is 0 Å². The Morgan fingerprint density at radius 3 is 2.06 bits per heavy atom. The van der Waals surface area contributed by atoms with Gasteiger partial charge in [-0.2, -0.15) is 26.3 Å². The first-order valence-corrected chi connectivity index (χ1v) is 11.2. The van der Waals surface area contributed by atoms with Crippen LogP contribution < -0.4 is 16.2 Å². The first-order valence-electron chi connectivity index (χ1n) is 9.29. The Balaban J connectivity index is 2.23. The Kier molecular flexibility index (Phi) is 9.91. The molecule has 0 saturated heterocycles. The molecular formula is C20H12BrCl3F7N3O2. The molecule has 0 spiro atoms. The minimum absolute atomic E-state index is 0.0975. The zero-order chi connectivity index (χ0) is 27.4. The summed E-state index contributed by atoms with van der Waals surface area (Å²) in [6, 6.07) is 3.42. The van der Waals surface area contributed by atoms with Gasteiger partial charge in [-0.1, -0.05) is 40.9 Å². The standard InChI is InChI=1S/C20H12BrCl3F7N3O2/c21-12-3-8(1-2-10(12)17(35)33-34-18(36)32-7-19(26,27)28)15(25)6-11(20(29,30)31)9-4-13(22)16(24)14(23)5-9/h1-6,11H,7H2,(H,33,35)(H2,32,34,36)/b15-6-. The summed E-state index contributed by atoms with van der Waals surface area (Å²) < 4.78 is 92.0. The van der Waals surface area contributed by atoms with Crippen LogP contribution in [0.1, 0.15) is 27.4 Å². The molecule has 3 N–H and O–H groups in total. The number of carbonyl (C=O) groups excluding carboxylic acids is 2. The summed E-state index contributed by atoms with van der Waals surface area (Å²) >= 11 is 20.3. The van der Waals surface area contributed by atoms with E-state index in [9.17, 15) is 40.3 Å². The molecule has 0 aliphatic carbocycles. The van der Waals surface area contributed by atoms with Gasteiger partial charge >= 0.3 is 18.4 Å². The van der Waals surface area contributed by atoms with E-state index < -0.39 is 48.1 Å². The van der Waals surface area contributed by atoms with Crippen molar-refractivity contribution in [2.45, 2.75) is 18.3 Å². The third-order valence-electron chi connectivity index (χ3n) is 4.26. The maximum atomic E-state index is 14.8. The molecule has 0 saturated carbocycles. The van der Waals surface area contributed by atoms with Crippen molar-refractivity contribution >= 4 is 68.5 Å². The Labute approximate surface area is 222 Å². The third kappa shape index (κ3) is 8.43. The van der Waals surface area contributed by atoms with E-state index in [1.54, 1.807) is 5.43 Å². The topological polar surface area (TPSA) is 70.2 Å². The van der Waals surface area contributed by atoms with Gasteiger partial charge in [0.1, 0.15) is 18.3 Å². The van der Waals surface area contributed by atoms with Crippen molar-refractivity contribution in [1.29, 1.82) is 0 Å². The molecule has 1 atom stereocenters. The molecule has 0 radical (unpaired) electrons. The Morgan fingerprint density at radius 1 is 0.972 bits per heavy atom. The maximum absolute atomic E-state index is 14.8. The number of hydrazine groups is 1. The van der Waals surface area contributed by atoms with Crippen LogP contribution in [0.25, 0.3) is 5.83 Å². The van der Waals surface area contributed by atoms with Crippen LogP contribution in [-0.4, -0.2) is 30.8 Å². The van der Waals surface area contributed by atoms with Gasteiger partial charge < -0.3 is 5.32 Å². The molecule has 0 aliphatic heterocycles. The van der Waals surface area contributed by atoms with Gasteiger partial charge in [-0.3, -0.25) is 10.2 Å². The van der Waals surface area contributed by atoms with E-state index in [0.29, 0.717) is 0 Å². The molecule has 0 fully saturated rings. The molecule has 3 amide bonds. The quantitative estimate of drug-likeness (QED) is 0.178. The molecule has 0 aromatic heterocycles. The van der Waals surface area contributed by atoms with E-state index in [1.807, 2.05) is 5.43 Å². The van der Waals surface area contributed by atoms with Gasteiger partial charge in [-0.05, 0) is 51.8 Å². The van der Waals surface area contributed by atoms with Crippen molar-refractivity contribution < 1.29 is 40.3 Å². The highest BCUT2D eigenvalue weighted by Crippen LogP contribution is 2.42. The van der Waals surface area contributed by atoms with Crippen molar-refractivity contribution in [3.63, 3.8) is 0 Å². The van der Waals surface area contributed by atoms with Crippen LogP contribution in [0.15, 0.2) is 40.9 Å². The molecule has 0 aliphatic rings. The van der Waals surface area contributed by atoms with E-state index in [0.717, 1.165) is 30.3 Å². The van der Waals surface area contributed by atoms with Gasteiger partial charge in [0.25, 0.3) is 5.91 Å². The first kappa shape index (κ1) is 30.0. The summed E-state index contributed by atoms with van der Waals surface area (Å²) in [5.74, 6) is -4.78. The third-order valence-corrected chi connectivity index (χ3v) is 6.11. The lowest BCUT2D eigenvalue weighted by atomic mass is 9.96. The summed E-state index contributed by atoms with van der Waals surface area (Å²) in [5.41, 5.74) is 2.46. The number of urea groups is 1. The fourth-order valence-corrected chi connectivity index (χ4v) is 3.80. The summed E-state index contributed by atoms with van der Waals surface area (Å²) in [6.45, 7) is -1.65. The number of carbonyl (C=O) groups is 2. The van der Waals surface area contributed by atoms with Crippen LogP contribution in [0.4, 0.5) is 35.5 Å². The van der Waals surface area contributed by atoms with E-state index >= 15 is 0 Å². The zero-order valence-electron chi connectivity index (χ0n) is 17.2. The summed E-state index contributed by atoms with van der Waals surface area (Å²) in [6.07, 6.45) is -9.33. The largest absolute Gasteiger partial charge is 0.405 e. The summed E-state index contributed by atoms with van der Waals surface area (Å²) in [7, 11) is 0. The molecular weight excluding hydrogens is 633 g/mol. The summed E-state index contributed by atoms with van der Waals surface area (Å²) in [5, 5.41) is 0.753. The zero-order valence-corrected chi connectivity index (χ0v) is 21.1. The smallest absolute Gasteiger partial charge is 0.328 e. The lowest BCUT2D eigenvalue weighted by Gasteiger charge is -2.19. The van der Waals surface area contributed by atoms with Gasteiger partial charge in [-0.25, -0.2) is 14.6 Å². The number of hydrogen-bond donors (Lipinski definition) is 3. The van der Waals surface area contributed by atoms with Crippen LogP contribution >= 0.6 is 50.7 Å². The van der Waals surface area contributed by atoms with E-state index in [1.165, 1.54) is 5.32 Å². The predicted molar refractivity (Wildman–Crippen MR) is 124 cm³/mol. The average Bonchev–Trinajstić information content (AvgIpc) is 2.76. The first-order chi connectivity index (χ1) is 16.5. The maximum Gasteiger partial charge on any atom is 0.405 e. The monoisotopic (exact) mass is 643 g/mol. The Bertz CT molecular complexity index is 1170. The molecule has 0 heterocycles. The molecule has 2 aromatic carbocycles. The van der Waals surface area contributed by atoms with E-state index in [4.69, 9.17) is 34.8 Å². The summed E-state index contributed by atoms with van der Waals surface area (Å²) in [4.78, 5) is 23.4. The van der Waals surface area contributed by atoms with Gasteiger partial charge in [0.05, 0.1) is 20.6 Å². The highest BCUT2D eigenvalue weighted by Gasteiger charge is 2.40. The van der Waals surface area contributed by atoms with Crippen molar-refractivity contribution in [3.8, 4) is 0 Å². The molecule has 2 aromatic rings. The average molecular weight is 646 g/mol. The second-order valence-corrected chi connectivity index (χ2v) is 8.95. The SMILES string of the molecule is O=C(NCC(F)(F)F)NNC(=O)c1ccc(/C(F)=C/C(c2cc(Cl)c(Cl)c(Cl)c2)C(F)(F)F)cc1Br. The fourth-order valence-electron chi connectivity index (χ4n) is 2.63. The number of benzene rings is 2. The number of alkyl halides is 6. The fraction of sp³-hybridized carbons (Fsp3) is 0.200. The van der Waals surface area contributed by atoms with Crippen molar-refractivity contribution in [1.82, 2.24) is 16.2 Å². The highest BCUT2D eigenvalue weighted by molar-refractivity contribution is 9.10. The molecule has 5 nitrogen and oxygen atoms in total.